The molecule has 1 aliphatic heterocycles. The monoisotopic (exact) mass is 246 g/mol. The Morgan fingerprint density at radius 3 is 2.83 bits per heavy atom. The number of likely N-dealkylation sites (N-methyl/N-ethyl adjacent to an activating group) is 1. The van der Waals surface area contributed by atoms with E-state index in [4.69, 9.17) is 0 Å². The van der Waals surface area contributed by atoms with Gasteiger partial charge in [0, 0.05) is 24.7 Å². The number of rotatable bonds is 5. The number of nitrogens with zero attached hydrogens (tertiary/aromatic N) is 1. The molecule has 3 nitrogen and oxygen atoms in total. The molecule has 1 aliphatic rings. The third-order valence-corrected chi connectivity index (χ3v) is 3.61. The standard InChI is InChI=1S/C15H22N2O/c1-3-13(16-4-2)11-17-10-9-12-7-5-6-8-14(12)15(17)18/h5-8,13,16H,3-4,9-11H2,1-2H3. The molecule has 1 heterocycles. The molecule has 0 saturated heterocycles. The highest BCUT2D eigenvalue weighted by Gasteiger charge is 2.25. The van der Waals surface area contributed by atoms with Gasteiger partial charge in [0.1, 0.15) is 0 Å². The topological polar surface area (TPSA) is 32.3 Å². The highest BCUT2D eigenvalue weighted by Crippen LogP contribution is 2.18. The highest BCUT2D eigenvalue weighted by atomic mass is 16.2. The molecule has 0 fully saturated rings. The third kappa shape index (κ3) is 2.72. The van der Waals surface area contributed by atoms with Gasteiger partial charge in [0.2, 0.25) is 0 Å². The van der Waals surface area contributed by atoms with Gasteiger partial charge in [0.25, 0.3) is 5.91 Å². The van der Waals surface area contributed by atoms with Crippen LogP contribution in [0.25, 0.3) is 0 Å². The Hall–Kier alpha value is -1.35. The summed E-state index contributed by atoms with van der Waals surface area (Å²) < 4.78 is 0. The zero-order valence-electron chi connectivity index (χ0n) is 11.3. The lowest BCUT2D eigenvalue weighted by Crippen LogP contribution is -2.46. The number of carbonyl (C=O) groups is 1. The highest BCUT2D eigenvalue weighted by molar-refractivity contribution is 5.96. The van der Waals surface area contributed by atoms with Gasteiger partial charge in [-0.2, -0.15) is 0 Å². The van der Waals surface area contributed by atoms with Crippen LogP contribution in [0.5, 0.6) is 0 Å². The molecule has 0 radical (unpaired) electrons. The lowest BCUT2D eigenvalue weighted by molar-refractivity contribution is 0.0721. The van der Waals surface area contributed by atoms with Gasteiger partial charge in [-0.1, -0.05) is 32.0 Å². The second-order valence-corrected chi connectivity index (χ2v) is 4.82. The van der Waals surface area contributed by atoms with Gasteiger partial charge in [-0.25, -0.2) is 0 Å². The zero-order valence-corrected chi connectivity index (χ0v) is 11.3. The summed E-state index contributed by atoms with van der Waals surface area (Å²) in [7, 11) is 0. The summed E-state index contributed by atoms with van der Waals surface area (Å²) in [5, 5.41) is 3.43. The fraction of sp³-hybridized carbons (Fsp3) is 0.533. The lowest BCUT2D eigenvalue weighted by Gasteiger charge is -2.31. The number of hydrogen-bond acceptors (Lipinski definition) is 2. The van der Waals surface area contributed by atoms with Gasteiger partial charge in [0.15, 0.2) is 0 Å². The van der Waals surface area contributed by atoms with Gasteiger partial charge in [-0.05, 0) is 31.0 Å². The Bertz CT molecular complexity index is 417. The first-order valence-corrected chi connectivity index (χ1v) is 6.86. The molecule has 0 spiro atoms. The van der Waals surface area contributed by atoms with E-state index in [1.54, 1.807) is 0 Å². The van der Waals surface area contributed by atoms with Crippen molar-refractivity contribution in [3.8, 4) is 0 Å². The van der Waals surface area contributed by atoms with Crippen LogP contribution in [0.1, 0.15) is 36.2 Å². The Labute approximate surface area is 109 Å². The quantitative estimate of drug-likeness (QED) is 0.862. The molecule has 1 amide bonds. The molecule has 98 valence electrons. The molecule has 0 aromatic heterocycles. The molecule has 0 bridgehead atoms. The summed E-state index contributed by atoms with van der Waals surface area (Å²) in [5.74, 6) is 0.188. The lowest BCUT2D eigenvalue weighted by atomic mass is 9.98. The maximum absolute atomic E-state index is 12.4. The van der Waals surface area contributed by atoms with Crippen molar-refractivity contribution < 1.29 is 4.79 Å². The van der Waals surface area contributed by atoms with Crippen LogP contribution in [0.15, 0.2) is 24.3 Å². The number of nitrogens with one attached hydrogen (secondary N) is 1. The van der Waals surface area contributed by atoms with Crippen LogP contribution in [0.3, 0.4) is 0 Å². The molecular formula is C15H22N2O. The van der Waals surface area contributed by atoms with Crippen molar-refractivity contribution in [3.05, 3.63) is 35.4 Å². The maximum atomic E-state index is 12.4. The van der Waals surface area contributed by atoms with Crippen LogP contribution in [0.4, 0.5) is 0 Å². The molecule has 1 N–H and O–H groups in total. The van der Waals surface area contributed by atoms with Crippen molar-refractivity contribution in [3.63, 3.8) is 0 Å². The molecule has 0 aliphatic carbocycles. The van der Waals surface area contributed by atoms with Gasteiger partial charge in [-0.3, -0.25) is 4.79 Å². The normalized spacial score (nSPS) is 16.6. The second kappa shape index (κ2) is 6.01. The summed E-state index contributed by atoms with van der Waals surface area (Å²) in [4.78, 5) is 14.4. The molecule has 1 atom stereocenters. The van der Waals surface area contributed by atoms with Crippen LogP contribution in [-0.4, -0.2) is 36.5 Å². The largest absolute Gasteiger partial charge is 0.337 e. The summed E-state index contributed by atoms with van der Waals surface area (Å²) in [6.07, 6.45) is 2.03. The van der Waals surface area contributed by atoms with E-state index in [0.717, 1.165) is 38.0 Å². The van der Waals surface area contributed by atoms with E-state index in [1.807, 2.05) is 23.1 Å². The summed E-state index contributed by atoms with van der Waals surface area (Å²) in [6, 6.07) is 8.37. The Balaban J connectivity index is 2.07. The fourth-order valence-electron chi connectivity index (χ4n) is 2.54. The molecule has 1 unspecified atom stereocenters. The Morgan fingerprint density at radius 1 is 1.33 bits per heavy atom. The summed E-state index contributed by atoms with van der Waals surface area (Å²) in [5.41, 5.74) is 2.07. The van der Waals surface area contributed by atoms with Crippen LogP contribution in [0, 0.1) is 0 Å². The minimum atomic E-state index is 0.188. The average molecular weight is 246 g/mol. The molecule has 3 heteroatoms. The third-order valence-electron chi connectivity index (χ3n) is 3.61. The van der Waals surface area contributed by atoms with Crippen LogP contribution in [-0.2, 0) is 6.42 Å². The zero-order chi connectivity index (χ0) is 13.0. The minimum Gasteiger partial charge on any atom is -0.337 e. The van der Waals surface area contributed by atoms with Gasteiger partial charge < -0.3 is 10.2 Å². The van der Waals surface area contributed by atoms with Gasteiger partial charge in [-0.15, -0.1) is 0 Å². The molecule has 2 rings (SSSR count). The number of carbonyl (C=O) groups excluding carboxylic acids is 1. The van der Waals surface area contributed by atoms with E-state index in [1.165, 1.54) is 5.56 Å². The number of fused-ring (bicyclic) bond motifs is 1. The molecule has 1 aromatic rings. The molecule has 0 saturated carbocycles. The van der Waals surface area contributed by atoms with Crippen LogP contribution in [0.2, 0.25) is 0 Å². The van der Waals surface area contributed by atoms with E-state index in [9.17, 15) is 4.79 Å². The van der Waals surface area contributed by atoms with Crippen LogP contribution >= 0.6 is 0 Å². The fourth-order valence-corrected chi connectivity index (χ4v) is 2.54. The van der Waals surface area contributed by atoms with Crippen molar-refractivity contribution in [2.75, 3.05) is 19.6 Å². The molecule has 18 heavy (non-hydrogen) atoms. The first-order valence-electron chi connectivity index (χ1n) is 6.86. The van der Waals surface area contributed by atoms with Crippen LogP contribution < -0.4 is 5.32 Å². The van der Waals surface area contributed by atoms with E-state index < -0.39 is 0 Å². The predicted molar refractivity (Wildman–Crippen MR) is 73.8 cm³/mol. The summed E-state index contributed by atoms with van der Waals surface area (Å²) in [6.45, 7) is 6.89. The maximum Gasteiger partial charge on any atom is 0.254 e. The van der Waals surface area contributed by atoms with E-state index >= 15 is 0 Å². The number of amides is 1. The molecule has 1 aromatic carbocycles. The predicted octanol–water partition coefficient (Wildman–Crippen LogP) is 2.07. The SMILES string of the molecule is CCNC(CC)CN1CCc2ccccc2C1=O. The Morgan fingerprint density at radius 2 is 2.11 bits per heavy atom. The number of benzene rings is 1. The van der Waals surface area contributed by atoms with Crippen molar-refractivity contribution >= 4 is 5.91 Å². The summed E-state index contributed by atoms with van der Waals surface area (Å²) >= 11 is 0. The first kappa shape index (κ1) is 13.1. The Kier molecular flexibility index (Phi) is 4.37. The minimum absolute atomic E-state index is 0.188. The van der Waals surface area contributed by atoms with Crippen molar-refractivity contribution in [2.24, 2.45) is 0 Å². The van der Waals surface area contributed by atoms with E-state index in [2.05, 4.69) is 25.2 Å². The van der Waals surface area contributed by atoms with Crippen molar-refractivity contribution in [2.45, 2.75) is 32.7 Å². The number of hydrogen-bond donors (Lipinski definition) is 1. The van der Waals surface area contributed by atoms with Gasteiger partial charge >= 0.3 is 0 Å². The molecular weight excluding hydrogens is 224 g/mol. The smallest absolute Gasteiger partial charge is 0.254 e. The average Bonchev–Trinajstić information content (AvgIpc) is 2.41. The van der Waals surface area contributed by atoms with E-state index in [0.29, 0.717) is 6.04 Å². The second-order valence-electron chi connectivity index (χ2n) is 4.82. The van der Waals surface area contributed by atoms with E-state index in [-0.39, 0.29) is 5.91 Å². The first-order chi connectivity index (χ1) is 8.76. The van der Waals surface area contributed by atoms with Crippen molar-refractivity contribution in [1.82, 2.24) is 10.2 Å². The van der Waals surface area contributed by atoms with Crippen molar-refractivity contribution in [1.29, 1.82) is 0 Å². The van der Waals surface area contributed by atoms with Gasteiger partial charge in [0.05, 0.1) is 0 Å².